The molecule has 0 atom stereocenters. The Morgan fingerprint density at radius 2 is 1.79 bits per heavy atom. The van der Waals surface area contributed by atoms with E-state index in [-0.39, 0.29) is 24.0 Å². The molecule has 1 aromatic rings. The van der Waals surface area contributed by atoms with Crippen LogP contribution in [0.4, 0.5) is 0 Å². The molecule has 2 saturated heterocycles. The summed E-state index contributed by atoms with van der Waals surface area (Å²) >= 11 is 1.86. The zero-order valence-electron chi connectivity index (χ0n) is 17.4. The van der Waals surface area contributed by atoms with Crippen molar-refractivity contribution in [3.63, 3.8) is 0 Å². The van der Waals surface area contributed by atoms with Crippen LogP contribution in [0, 0.1) is 0 Å². The minimum absolute atomic E-state index is 0. The largest absolute Gasteiger partial charge is 0.356 e. The number of piperidine rings is 1. The second-order valence-electron chi connectivity index (χ2n) is 7.78. The maximum Gasteiger partial charge on any atom is 0.193 e. The first-order chi connectivity index (χ1) is 13.3. The Morgan fingerprint density at radius 1 is 1.00 bits per heavy atom. The lowest BCUT2D eigenvalue weighted by Crippen LogP contribution is -2.52. The molecule has 7 heteroatoms. The van der Waals surface area contributed by atoms with E-state index in [9.17, 15) is 0 Å². The van der Waals surface area contributed by atoms with E-state index in [1.807, 2.05) is 18.4 Å². The summed E-state index contributed by atoms with van der Waals surface area (Å²) in [6.45, 7) is 10.5. The summed E-state index contributed by atoms with van der Waals surface area (Å²) in [6.07, 6.45) is 8.13. The molecule has 0 spiro atoms. The van der Waals surface area contributed by atoms with Crippen LogP contribution >= 0.6 is 35.3 Å². The molecule has 3 heterocycles. The zero-order valence-corrected chi connectivity index (χ0v) is 20.6. The van der Waals surface area contributed by atoms with Crippen LogP contribution in [0.2, 0.25) is 0 Å². The zero-order chi connectivity index (χ0) is 18.7. The third kappa shape index (κ3) is 8.16. The van der Waals surface area contributed by atoms with Gasteiger partial charge in [-0.15, -0.1) is 35.3 Å². The summed E-state index contributed by atoms with van der Waals surface area (Å²) in [4.78, 5) is 13.6. The number of guanidine groups is 1. The van der Waals surface area contributed by atoms with E-state index in [4.69, 9.17) is 0 Å². The van der Waals surface area contributed by atoms with E-state index in [0.717, 1.165) is 45.2 Å². The second kappa shape index (κ2) is 13.8. The van der Waals surface area contributed by atoms with Gasteiger partial charge in [-0.2, -0.15) is 0 Å². The van der Waals surface area contributed by atoms with Gasteiger partial charge < -0.3 is 15.1 Å². The van der Waals surface area contributed by atoms with Crippen molar-refractivity contribution in [2.24, 2.45) is 4.99 Å². The third-order valence-corrected chi connectivity index (χ3v) is 6.59. The molecule has 0 aliphatic carbocycles. The lowest BCUT2D eigenvalue weighted by Gasteiger charge is -2.36. The summed E-state index contributed by atoms with van der Waals surface area (Å²) in [7, 11) is 1.91. The Labute approximate surface area is 192 Å². The topological polar surface area (TPSA) is 34.1 Å². The van der Waals surface area contributed by atoms with Crippen LogP contribution in [0.25, 0.3) is 0 Å². The average Bonchev–Trinajstić information content (AvgIpc) is 3.22. The smallest absolute Gasteiger partial charge is 0.193 e. The molecule has 1 N–H and O–H groups in total. The number of halogens is 1. The van der Waals surface area contributed by atoms with Crippen LogP contribution < -0.4 is 5.32 Å². The second-order valence-corrected chi connectivity index (χ2v) is 8.81. The molecule has 3 rings (SSSR count). The van der Waals surface area contributed by atoms with Crippen molar-refractivity contribution in [2.45, 2.75) is 45.1 Å². The van der Waals surface area contributed by atoms with E-state index >= 15 is 0 Å². The van der Waals surface area contributed by atoms with Gasteiger partial charge in [0.15, 0.2) is 5.96 Å². The fourth-order valence-electron chi connectivity index (χ4n) is 4.09. The van der Waals surface area contributed by atoms with Gasteiger partial charge in [-0.25, -0.2) is 0 Å². The fourth-order valence-corrected chi connectivity index (χ4v) is 4.84. The number of nitrogens with zero attached hydrogens (tertiary/aromatic N) is 4. The third-order valence-electron chi connectivity index (χ3n) is 5.73. The Hall–Kier alpha value is -0.380. The number of rotatable bonds is 8. The normalized spacial score (nSPS) is 19.5. The maximum atomic E-state index is 4.51. The van der Waals surface area contributed by atoms with Gasteiger partial charge in [0.1, 0.15) is 0 Å². The van der Waals surface area contributed by atoms with Crippen molar-refractivity contribution in [3.05, 3.63) is 22.4 Å². The van der Waals surface area contributed by atoms with Gasteiger partial charge in [0, 0.05) is 51.2 Å². The van der Waals surface area contributed by atoms with Gasteiger partial charge in [0.2, 0.25) is 0 Å². The summed E-state index contributed by atoms with van der Waals surface area (Å²) in [5, 5.41) is 5.75. The molecule has 2 fully saturated rings. The molecular weight excluding hydrogens is 481 g/mol. The monoisotopic (exact) mass is 519 g/mol. The van der Waals surface area contributed by atoms with Crippen molar-refractivity contribution >= 4 is 41.3 Å². The lowest BCUT2D eigenvalue weighted by atomic mass is 10.1. The van der Waals surface area contributed by atoms with E-state index in [0.29, 0.717) is 0 Å². The lowest BCUT2D eigenvalue weighted by molar-refractivity contribution is 0.173. The number of hydrogen-bond donors (Lipinski definition) is 1. The number of unbranched alkanes of at least 4 members (excludes halogenated alkanes) is 2. The van der Waals surface area contributed by atoms with Crippen LogP contribution in [0.15, 0.2) is 22.5 Å². The van der Waals surface area contributed by atoms with Crippen LogP contribution in [0.1, 0.15) is 43.4 Å². The fraction of sp³-hybridized carbons (Fsp3) is 0.762. The molecule has 0 bridgehead atoms. The average molecular weight is 520 g/mol. The summed E-state index contributed by atoms with van der Waals surface area (Å²) in [5.74, 6) is 1.09. The predicted octanol–water partition coefficient (Wildman–Crippen LogP) is 3.72. The van der Waals surface area contributed by atoms with Gasteiger partial charge in [0.25, 0.3) is 0 Å². The Morgan fingerprint density at radius 3 is 2.46 bits per heavy atom. The maximum absolute atomic E-state index is 4.51. The van der Waals surface area contributed by atoms with E-state index < -0.39 is 0 Å². The summed E-state index contributed by atoms with van der Waals surface area (Å²) in [6, 6.07) is 4.39. The molecule has 2 aliphatic heterocycles. The molecule has 28 heavy (non-hydrogen) atoms. The Bertz CT molecular complexity index is 537. The SMILES string of the molecule is CN=C(NCCCCCN1CCCCC1)N1CCN(Cc2cccs2)CC1.I. The number of hydrogen-bond acceptors (Lipinski definition) is 4. The molecule has 0 radical (unpaired) electrons. The van der Waals surface area contributed by atoms with Crippen LogP contribution in [0.3, 0.4) is 0 Å². The Balaban J connectivity index is 0.00000280. The number of likely N-dealkylation sites (tertiary alicyclic amines) is 1. The molecular formula is C21H38IN5S. The quantitative estimate of drug-likeness (QED) is 0.246. The number of aliphatic imine (C=N–C) groups is 1. The molecule has 0 aromatic carbocycles. The van der Waals surface area contributed by atoms with E-state index in [1.165, 1.54) is 63.0 Å². The minimum Gasteiger partial charge on any atom is -0.356 e. The molecule has 0 saturated carbocycles. The van der Waals surface area contributed by atoms with Crippen molar-refractivity contribution in [1.29, 1.82) is 0 Å². The standard InChI is InChI=1S/C21H37N5S.HI/c1-22-21(23-10-4-2-5-11-24-12-6-3-7-13-24)26-16-14-25(15-17-26)19-20-9-8-18-27-20;/h8-9,18H,2-7,10-17,19H2,1H3,(H,22,23);1H. The number of nitrogens with one attached hydrogen (secondary N) is 1. The molecule has 0 amide bonds. The highest BCUT2D eigenvalue weighted by molar-refractivity contribution is 14.0. The highest BCUT2D eigenvalue weighted by atomic mass is 127. The van der Waals surface area contributed by atoms with Crippen molar-refractivity contribution in [3.8, 4) is 0 Å². The first kappa shape index (κ1) is 23.9. The van der Waals surface area contributed by atoms with E-state index in [2.05, 4.69) is 42.5 Å². The predicted molar refractivity (Wildman–Crippen MR) is 132 cm³/mol. The number of piperazine rings is 1. The first-order valence-corrected chi connectivity index (χ1v) is 11.7. The van der Waals surface area contributed by atoms with Crippen molar-refractivity contribution < 1.29 is 0 Å². The highest BCUT2D eigenvalue weighted by Gasteiger charge is 2.19. The van der Waals surface area contributed by atoms with Crippen molar-refractivity contribution in [2.75, 3.05) is 59.4 Å². The van der Waals surface area contributed by atoms with Gasteiger partial charge in [-0.1, -0.05) is 18.9 Å². The molecule has 2 aliphatic rings. The van der Waals surface area contributed by atoms with Crippen LogP contribution in [-0.2, 0) is 6.54 Å². The van der Waals surface area contributed by atoms with Gasteiger partial charge >= 0.3 is 0 Å². The van der Waals surface area contributed by atoms with Crippen LogP contribution in [-0.4, -0.2) is 80.1 Å². The van der Waals surface area contributed by atoms with Crippen LogP contribution in [0.5, 0.6) is 0 Å². The number of thiophene rings is 1. The highest BCUT2D eigenvalue weighted by Crippen LogP contribution is 2.14. The Kier molecular flexibility index (Phi) is 11.8. The van der Waals surface area contributed by atoms with Crippen molar-refractivity contribution in [1.82, 2.24) is 20.0 Å². The van der Waals surface area contributed by atoms with E-state index in [1.54, 1.807) is 0 Å². The molecule has 5 nitrogen and oxygen atoms in total. The van der Waals surface area contributed by atoms with Gasteiger partial charge in [-0.3, -0.25) is 9.89 Å². The molecule has 1 aromatic heterocycles. The summed E-state index contributed by atoms with van der Waals surface area (Å²) < 4.78 is 0. The first-order valence-electron chi connectivity index (χ1n) is 10.8. The van der Waals surface area contributed by atoms with Gasteiger partial charge in [0.05, 0.1) is 0 Å². The molecule has 0 unspecified atom stereocenters. The summed E-state index contributed by atoms with van der Waals surface area (Å²) in [5.41, 5.74) is 0. The molecule has 160 valence electrons. The minimum atomic E-state index is 0. The van der Waals surface area contributed by atoms with Gasteiger partial charge in [-0.05, 0) is 56.8 Å².